The van der Waals surface area contributed by atoms with Gasteiger partial charge in [-0.2, -0.15) is 13.2 Å². The summed E-state index contributed by atoms with van der Waals surface area (Å²) in [5, 5.41) is 10.4. The molecule has 0 aliphatic carbocycles. The predicted octanol–water partition coefficient (Wildman–Crippen LogP) is 5.82. The minimum atomic E-state index is -4.95. The molecule has 1 heterocycles. The molecule has 3 rings (SSSR count). The van der Waals surface area contributed by atoms with Gasteiger partial charge in [0.15, 0.2) is 11.5 Å². The van der Waals surface area contributed by atoms with Crippen molar-refractivity contribution in [1.29, 1.82) is 0 Å². The maximum Gasteiger partial charge on any atom is 0.450 e. The lowest BCUT2D eigenvalue weighted by Gasteiger charge is -2.22. The number of phenols is 1. The summed E-state index contributed by atoms with van der Waals surface area (Å²) in [4.78, 5) is 15.4. The van der Waals surface area contributed by atoms with Crippen molar-refractivity contribution in [3.8, 4) is 28.4 Å². The Balaban J connectivity index is 2.32. The lowest BCUT2D eigenvalue weighted by atomic mass is 9.99. The molecule has 6 nitrogen and oxygen atoms in total. The molecule has 9 heteroatoms. The highest BCUT2D eigenvalue weighted by Crippen LogP contribution is 2.41. The molecule has 0 saturated carbocycles. The summed E-state index contributed by atoms with van der Waals surface area (Å²) in [6, 6.07) is 6.68. The molecular formula is C25H28F3NO5. The number of rotatable bonds is 9. The van der Waals surface area contributed by atoms with Crippen molar-refractivity contribution in [1.82, 2.24) is 4.90 Å². The molecule has 0 fully saturated rings. The van der Waals surface area contributed by atoms with Gasteiger partial charge in [-0.15, -0.1) is 0 Å². The second-order valence-electron chi connectivity index (χ2n) is 7.92. The normalized spacial score (nSPS) is 11.9. The summed E-state index contributed by atoms with van der Waals surface area (Å²) >= 11 is 0. The molecule has 0 aliphatic heterocycles. The van der Waals surface area contributed by atoms with E-state index in [1.165, 1.54) is 44.6 Å². The van der Waals surface area contributed by atoms with Crippen LogP contribution in [0.1, 0.15) is 38.0 Å². The summed E-state index contributed by atoms with van der Waals surface area (Å²) in [5.41, 5.74) is -1.61. The minimum Gasteiger partial charge on any atom is -0.507 e. The van der Waals surface area contributed by atoms with Gasteiger partial charge in [-0.1, -0.05) is 19.9 Å². The van der Waals surface area contributed by atoms with Gasteiger partial charge >= 0.3 is 6.18 Å². The van der Waals surface area contributed by atoms with Crippen LogP contribution in [0.15, 0.2) is 39.5 Å². The lowest BCUT2D eigenvalue weighted by Crippen LogP contribution is -2.25. The molecule has 1 aromatic heterocycles. The molecular weight excluding hydrogens is 451 g/mol. The Bertz CT molecular complexity index is 1210. The first-order valence-corrected chi connectivity index (χ1v) is 11.0. The molecule has 3 aromatic rings. The topological polar surface area (TPSA) is 72.1 Å². The van der Waals surface area contributed by atoms with Gasteiger partial charge < -0.3 is 19.0 Å². The largest absolute Gasteiger partial charge is 0.507 e. The first kappa shape index (κ1) is 25.4. The molecule has 34 heavy (non-hydrogen) atoms. The van der Waals surface area contributed by atoms with Crippen molar-refractivity contribution in [2.75, 3.05) is 27.3 Å². The minimum absolute atomic E-state index is 0.0196. The number of aromatic hydroxyl groups is 1. The smallest absolute Gasteiger partial charge is 0.450 e. The van der Waals surface area contributed by atoms with Crippen molar-refractivity contribution in [2.45, 2.75) is 39.4 Å². The van der Waals surface area contributed by atoms with E-state index in [9.17, 15) is 23.1 Å². The zero-order valence-corrected chi connectivity index (χ0v) is 19.6. The van der Waals surface area contributed by atoms with Gasteiger partial charge in [0, 0.05) is 6.54 Å². The molecule has 0 unspecified atom stereocenters. The Morgan fingerprint density at radius 3 is 2.21 bits per heavy atom. The van der Waals surface area contributed by atoms with E-state index in [0.29, 0.717) is 18.8 Å². The van der Waals surface area contributed by atoms with Crippen LogP contribution in [0.25, 0.3) is 22.1 Å². The molecule has 0 saturated heterocycles. The number of methoxy groups -OCH3 is 2. The Morgan fingerprint density at radius 1 is 1.00 bits per heavy atom. The number of phenolic OH excluding ortho intramolecular Hbond substituents is 1. The summed E-state index contributed by atoms with van der Waals surface area (Å²) in [7, 11) is 2.75. The third-order valence-corrected chi connectivity index (χ3v) is 5.53. The van der Waals surface area contributed by atoms with Gasteiger partial charge in [0.1, 0.15) is 11.3 Å². The number of hydrogen-bond donors (Lipinski definition) is 1. The molecule has 0 radical (unpaired) electrons. The highest BCUT2D eigenvalue weighted by Gasteiger charge is 2.40. The predicted molar refractivity (Wildman–Crippen MR) is 124 cm³/mol. The summed E-state index contributed by atoms with van der Waals surface area (Å²) in [5.74, 6) is -1.17. The van der Waals surface area contributed by atoms with Gasteiger partial charge in [-0.05, 0) is 55.8 Å². The molecule has 0 atom stereocenters. The number of alkyl halides is 3. The fourth-order valence-corrected chi connectivity index (χ4v) is 4.04. The molecule has 0 aliphatic rings. The zero-order valence-electron chi connectivity index (χ0n) is 19.6. The third kappa shape index (κ3) is 4.99. The number of fused-ring (bicyclic) bond motifs is 1. The summed E-state index contributed by atoms with van der Waals surface area (Å²) in [6.07, 6.45) is -3.30. The van der Waals surface area contributed by atoms with E-state index in [4.69, 9.17) is 13.9 Å². The van der Waals surface area contributed by atoms with Crippen LogP contribution in [0, 0.1) is 0 Å². The summed E-state index contributed by atoms with van der Waals surface area (Å²) < 4.78 is 58.2. The van der Waals surface area contributed by atoms with E-state index >= 15 is 0 Å². The van der Waals surface area contributed by atoms with Crippen LogP contribution in [0.4, 0.5) is 13.2 Å². The Kier molecular flexibility index (Phi) is 7.76. The molecule has 0 spiro atoms. The zero-order chi connectivity index (χ0) is 25.0. The van der Waals surface area contributed by atoms with Crippen molar-refractivity contribution in [3.63, 3.8) is 0 Å². The van der Waals surface area contributed by atoms with Crippen LogP contribution in [0.5, 0.6) is 17.2 Å². The monoisotopic (exact) mass is 479 g/mol. The number of benzene rings is 2. The van der Waals surface area contributed by atoms with Gasteiger partial charge in [-0.25, -0.2) is 0 Å². The first-order valence-electron chi connectivity index (χ1n) is 11.0. The number of nitrogens with zero attached hydrogens (tertiary/aromatic N) is 1. The molecule has 0 bridgehead atoms. The van der Waals surface area contributed by atoms with Crippen LogP contribution in [-0.4, -0.2) is 37.3 Å². The van der Waals surface area contributed by atoms with E-state index in [1.54, 1.807) is 0 Å². The second kappa shape index (κ2) is 10.4. The third-order valence-electron chi connectivity index (χ3n) is 5.53. The molecule has 1 N–H and O–H groups in total. The van der Waals surface area contributed by atoms with Crippen molar-refractivity contribution < 1.29 is 32.2 Å². The van der Waals surface area contributed by atoms with E-state index in [0.717, 1.165) is 12.8 Å². The quantitative estimate of drug-likeness (QED) is 0.417. The van der Waals surface area contributed by atoms with Crippen LogP contribution in [0.2, 0.25) is 0 Å². The van der Waals surface area contributed by atoms with Crippen LogP contribution in [0.3, 0.4) is 0 Å². The number of ether oxygens (including phenoxy) is 2. The van der Waals surface area contributed by atoms with Crippen molar-refractivity contribution in [2.24, 2.45) is 0 Å². The second-order valence-corrected chi connectivity index (χ2v) is 7.92. The van der Waals surface area contributed by atoms with Crippen molar-refractivity contribution in [3.05, 3.63) is 51.9 Å². The maximum absolute atomic E-state index is 14.1. The number of hydrogen-bond acceptors (Lipinski definition) is 6. The Hall–Kier alpha value is -3.20. The SMILES string of the molecule is CCCN(CCC)Cc1c(O)ccc2c(=O)c(-c3ccc(OC)c(OC)c3)c(C(F)(F)F)oc12. The van der Waals surface area contributed by atoms with Gasteiger partial charge in [-0.3, -0.25) is 9.69 Å². The van der Waals surface area contributed by atoms with Crippen LogP contribution in [-0.2, 0) is 12.7 Å². The average molecular weight is 479 g/mol. The van der Waals surface area contributed by atoms with E-state index in [-0.39, 0.29) is 40.1 Å². The first-order chi connectivity index (χ1) is 16.2. The molecule has 184 valence electrons. The van der Waals surface area contributed by atoms with E-state index < -0.39 is 22.9 Å². The van der Waals surface area contributed by atoms with Crippen LogP contribution < -0.4 is 14.9 Å². The van der Waals surface area contributed by atoms with Gasteiger partial charge in [0.25, 0.3) is 0 Å². The van der Waals surface area contributed by atoms with Gasteiger partial charge in [0.05, 0.1) is 30.7 Å². The fraction of sp³-hybridized carbons (Fsp3) is 0.400. The Morgan fingerprint density at radius 2 is 1.65 bits per heavy atom. The van der Waals surface area contributed by atoms with Gasteiger partial charge in [0.2, 0.25) is 11.2 Å². The summed E-state index contributed by atoms with van der Waals surface area (Å²) in [6.45, 7) is 5.50. The average Bonchev–Trinajstić information content (AvgIpc) is 2.80. The fourth-order valence-electron chi connectivity index (χ4n) is 4.04. The maximum atomic E-state index is 14.1. The highest BCUT2D eigenvalue weighted by atomic mass is 19.4. The van der Waals surface area contributed by atoms with E-state index in [2.05, 4.69) is 0 Å². The highest BCUT2D eigenvalue weighted by molar-refractivity contribution is 5.87. The Labute approximate surface area is 195 Å². The number of halogens is 3. The molecule has 0 amide bonds. The van der Waals surface area contributed by atoms with Crippen molar-refractivity contribution >= 4 is 11.0 Å². The standard InChI is InChI=1S/C25H28F3NO5/c1-5-11-29(12-6-2)14-17-18(30)9-8-16-22(31)21(24(25(26,27)28)34-23(16)17)15-7-10-19(32-3)20(13-15)33-4/h7-10,13,30H,5-6,11-12,14H2,1-4H3. The lowest BCUT2D eigenvalue weighted by molar-refractivity contribution is -0.152. The molecule has 2 aromatic carbocycles. The van der Waals surface area contributed by atoms with Crippen LogP contribution >= 0.6 is 0 Å². The van der Waals surface area contributed by atoms with E-state index in [1.807, 2.05) is 18.7 Å².